The highest BCUT2D eigenvalue weighted by molar-refractivity contribution is 9.10. The second kappa shape index (κ2) is 9.29. The van der Waals surface area contributed by atoms with Gasteiger partial charge in [0.15, 0.2) is 0 Å². The summed E-state index contributed by atoms with van der Waals surface area (Å²) in [6.07, 6.45) is 0.852. The number of nitrogens with zero attached hydrogens (tertiary/aromatic N) is 2. The van der Waals surface area contributed by atoms with Crippen LogP contribution in [0.3, 0.4) is 0 Å². The van der Waals surface area contributed by atoms with E-state index in [1.807, 2.05) is 24.6 Å². The number of hydrogen-bond donors (Lipinski definition) is 2. The van der Waals surface area contributed by atoms with E-state index in [9.17, 15) is 13.2 Å². The van der Waals surface area contributed by atoms with Gasteiger partial charge in [-0.1, -0.05) is 22.0 Å². The molecule has 1 aromatic heterocycles. The van der Waals surface area contributed by atoms with Crippen LogP contribution in [0.2, 0.25) is 0 Å². The lowest BCUT2D eigenvalue weighted by atomic mass is 10.3. The van der Waals surface area contributed by atoms with Crippen LogP contribution >= 0.6 is 15.9 Å². The van der Waals surface area contributed by atoms with Gasteiger partial charge in [0.25, 0.3) is 0 Å². The molecule has 0 unspecified atom stereocenters. The van der Waals surface area contributed by atoms with Crippen LogP contribution in [0.25, 0.3) is 0 Å². The van der Waals surface area contributed by atoms with Gasteiger partial charge in [-0.15, -0.1) is 0 Å². The third kappa shape index (κ3) is 6.22. The molecule has 7 nitrogen and oxygen atoms in total. The molecule has 0 fully saturated rings. The fourth-order valence-corrected chi connectivity index (χ4v) is 4.09. The maximum atomic E-state index is 12.1. The van der Waals surface area contributed by atoms with Crippen LogP contribution in [0.15, 0.2) is 39.7 Å². The molecule has 0 spiro atoms. The van der Waals surface area contributed by atoms with E-state index in [1.165, 1.54) is 12.1 Å². The Hall–Kier alpha value is -1.71. The van der Waals surface area contributed by atoms with Crippen molar-refractivity contribution >= 4 is 31.9 Å². The molecule has 0 saturated carbocycles. The maximum Gasteiger partial charge on any atom is 0.240 e. The van der Waals surface area contributed by atoms with Crippen molar-refractivity contribution in [3.8, 4) is 0 Å². The highest BCUT2D eigenvalue weighted by atomic mass is 79.9. The average Bonchev–Trinajstić information content (AvgIpc) is 2.89. The van der Waals surface area contributed by atoms with Gasteiger partial charge in [0.1, 0.15) is 0 Å². The minimum absolute atomic E-state index is 0.0537. The molecular weight excluding hydrogens is 420 g/mol. The van der Waals surface area contributed by atoms with Crippen molar-refractivity contribution in [1.29, 1.82) is 0 Å². The fourth-order valence-electron chi connectivity index (χ4n) is 2.46. The summed E-state index contributed by atoms with van der Waals surface area (Å²) in [6.45, 7) is 5.25. The molecule has 0 radical (unpaired) electrons. The smallest absolute Gasteiger partial charge is 0.240 e. The van der Waals surface area contributed by atoms with Crippen molar-refractivity contribution in [2.45, 2.75) is 38.1 Å². The number of hydrogen-bond acceptors (Lipinski definition) is 4. The zero-order valence-corrected chi connectivity index (χ0v) is 17.2. The second-order valence-electron chi connectivity index (χ2n) is 5.96. The van der Waals surface area contributed by atoms with Crippen molar-refractivity contribution in [2.24, 2.45) is 0 Å². The molecule has 1 aromatic carbocycles. The van der Waals surface area contributed by atoms with Crippen LogP contribution in [-0.2, 0) is 21.4 Å². The maximum absolute atomic E-state index is 12.1. The first kappa shape index (κ1) is 20.6. The molecule has 1 heterocycles. The molecular formula is C17H23BrN4O3S. The Bertz CT molecular complexity index is 865. The van der Waals surface area contributed by atoms with E-state index < -0.39 is 10.0 Å². The Morgan fingerprint density at radius 2 is 2.00 bits per heavy atom. The van der Waals surface area contributed by atoms with E-state index in [2.05, 4.69) is 31.1 Å². The van der Waals surface area contributed by atoms with Crippen molar-refractivity contribution in [3.63, 3.8) is 0 Å². The van der Waals surface area contributed by atoms with Crippen LogP contribution in [0.4, 0.5) is 0 Å². The topological polar surface area (TPSA) is 93.1 Å². The van der Waals surface area contributed by atoms with Crippen LogP contribution in [0.1, 0.15) is 24.2 Å². The lowest BCUT2D eigenvalue weighted by Crippen LogP contribution is -2.31. The number of aromatic nitrogens is 2. The molecule has 26 heavy (non-hydrogen) atoms. The molecule has 2 aromatic rings. The van der Waals surface area contributed by atoms with Crippen LogP contribution < -0.4 is 10.0 Å². The monoisotopic (exact) mass is 442 g/mol. The Labute approximate surface area is 162 Å². The zero-order valence-electron chi connectivity index (χ0n) is 14.8. The zero-order chi connectivity index (χ0) is 19.2. The van der Waals surface area contributed by atoms with E-state index in [-0.39, 0.29) is 23.8 Å². The van der Waals surface area contributed by atoms with E-state index >= 15 is 0 Å². The van der Waals surface area contributed by atoms with Gasteiger partial charge in [0, 0.05) is 36.2 Å². The molecule has 2 rings (SSSR count). The molecule has 0 aliphatic carbocycles. The molecule has 142 valence electrons. The summed E-state index contributed by atoms with van der Waals surface area (Å²) >= 11 is 3.24. The molecule has 0 atom stereocenters. The summed E-state index contributed by atoms with van der Waals surface area (Å²) in [7, 11) is -3.61. The highest BCUT2D eigenvalue weighted by Crippen LogP contribution is 2.15. The lowest BCUT2D eigenvalue weighted by molar-refractivity contribution is -0.120. The first-order valence-electron chi connectivity index (χ1n) is 8.31. The molecule has 0 aliphatic rings. The number of aryl methyl sites for hydroxylation is 3. The minimum Gasteiger partial charge on any atom is -0.356 e. The van der Waals surface area contributed by atoms with Crippen molar-refractivity contribution in [1.82, 2.24) is 19.8 Å². The van der Waals surface area contributed by atoms with Crippen LogP contribution in [0, 0.1) is 13.8 Å². The van der Waals surface area contributed by atoms with E-state index in [4.69, 9.17) is 0 Å². The molecule has 9 heteroatoms. The molecule has 0 aliphatic heterocycles. The normalized spacial score (nSPS) is 11.5. The lowest BCUT2D eigenvalue weighted by Gasteiger charge is -2.08. The summed E-state index contributed by atoms with van der Waals surface area (Å²) < 4.78 is 29.3. The third-order valence-corrected chi connectivity index (χ3v) is 5.67. The number of sulfonamides is 1. The van der Waals surface area contributed by atoms with Crippen LogP contribution in [-0.4, -0.2) is 37.2 Å². The predicted octanol–water partition coefficient (Wildman–Crippen LogP) is 2.14. The van der Waals surface area contributed by atoms with Gasteiger partial charge < -0.3 is 5.32 Å². The fraction of sp³-hybridized carbons (Fsp3) is 0.412. The largest absolute Gasteiger partial charge is 0.356 e. The number of carbonyl (C=O) groups is 1. The first-order valence-corrected chi connectivity index (χ1v) is 10.6. The number of nitrogens with one attached hydrogen (secondary N) is 2. The summed E-state index contributed by atoms with van der Waals surface area (Å²) in [4.78, 5) is 12.0. The number of benzene rings is 1. The summed E-state index contributed by atoms with van der Waals surface area (Å²) in [5.41, 5.74) is 2.07. The van der Waals surface area contributed by atoms with E-state index in [0.29, 0.717) is 11.0 Å². The second-order valence-corrected chi connectivity index (χ2v) is 8.64. The third-order valence-electron chi connectivity index (χ3n) is 3.72. The number of amides is 1. The number of carbonyl (C=O) groups excluding carboxylic acids is 1. The minimum atomic E-state index is -3.61. The molecule has 1 amide bonds. The average molecular weight is 443 g/mol. The highest BCUT2D eigenvalue weighted by Gasteiger charge is 2.14. The van der Waals surface area contributed by atoms with Gasteiger partial charge in [-0.3, -0.25) is 9.48 Å². The molecule has 2 N–H and O–H groups in total. The SMILES string of the molecule is Cc1cc(C)n(CCCNC(=O)CCNS(=O)(=O)c2cccc(Br)c2)n1. The van der Waals surface area contributed by atoms with Gasteiger partial charge in [-0.25, -0.2) is 13.1 Å². The quantitative estimate of drug-likeness (QED) is 0.581. The summed E-state index contributed by atoms with van der Waals surface area (Å²) in [6, 6.07) is 8.43. The summed E-state index contributed by atoms with van der Waals surface area (Å²) in [5, 5.41) is 7.15. The van der Waals surface area contributed by atoms with E-state index in [0.717, 1.165) is 24.4 Å². The van der Waals surface area contributed by atoms with Crippen molar-refractivity contribution in [2.75, 3.05) is 13.1 Å². The Morgan fingerprint density at radius 3 is 2.65 bits per heavy atom. The number of halogens is 1. The van der Waals surface area contributed by atoms with Gasteiger partial charge in [0.2, 0.25) is 15.9 Å². The standard InChI is InChI=1S/C17H23BrN4O3S/c1-13-11-14(2)22(21-13)10-4-8-19-17(23)7-9-20-26(24,25)16-6-3-5-15(18)12-16/h3,5-6,11-12,20H,4,7-10H2,1-2H3,(H,19,23). The van der Waals surface area contributed by atoms with Crippen LogP contribution in [0.5, 0.6) is 0 Å². The predicted molar refractivity (Wildman–Crippen MR) is 103 cm³/mol. The first-order chi connectivity index (χ1) is 12.3. The Kier molecular flexibility index (Phi) is 7.36. The summed E-state index contributed by atoms with van der Waals surface area (Å²) in [5.74, 6) is -0.185. The van der Waals surface area contributed by atoms with Crippen molar-refractivity contribution in [3.05, 3.63) is 46.2 Å². The Morgan fingerprint density at radius 1 is 1.23 bits per heavy atom. The number of rotatable bonds is 9. The van der Waals surface area contributed by atoms with Gasteiger partial charge in [-0.2, -0.15) is 5.10 Å². The van der Waals surface area contributed by atoms with Crippen molar-refractivity contribution < 1.29 is 13.2 Å². The van der Waals surface area contributed by atoms with E-state index in [1.54, 1.807) is 12.1 Å². The molecule has 0 bridgehead atoms. The van der Waals surface area contributed by atoms with Gasteiger partial charge in [0.05, 0.1) is 10.6 Å². The van der Waals surface area contributed by atoms with Gasteiger partial charge in [-0.05, 0) is 44.5 Å². The Balaban J connectivity index is 1.68. The van der Waals surface area contributed by atoms with Gasteiger partial charge >= 0.3 is 0 Å². The molecule has 0 saturated heterocycles.